The number of benzene rings is 1. The minimum absolute atomic E-state index is 0.0298. The van der Waals surface area contributed by atoms with Gasteiger partial charge in [0.25, 0.3) is 5.91 Å². The maximum Gasteiger partial charge on any atom is 0.305 e. The first-order valence-electron chi connectivity index (χ1n) is 8.43. The Kier molecular flexibility index (Phi) is 4.48. The van der Waals surface area contributed by atoms with E-state index in [0.29, 0.717) is 33.8 Å². The lowest BCUT2D eigenvalue weighted by atomic mass is 10.2. The Morgan fingerprint density at radius 2 is 2.03 bits per heavy atom. The molecule has 7 N–H and O–H groups in total. The van der Waals surface area contributed by atoms with Gasteiger partial charge in [-0.05, 0) is 24.3 Å². The Labute approximate surface area is 164 Å². The van der Waals surface area contributed by atoms with E-state index in [9.17, 15) is 13.2 Å². The van der Waals surface area contributed by atoms with E-state index in [1.807, 2.05) is 0 Å². The van der Waals surface area contributed by atoms with Gasteiger partial charge in [-0.15, -0.1) is 0 Å². The smallest absolute Gasteiger partial charge is 0.305 e. The van der Waals surface area contributed by atoms with Gasteiger partial charge in [0.2, 0.25) is 10.0 Å². The van der Waals surface area contributed by atoms with Crippen molar-refractivity contribution in [2.45, 2.75) is 4.90 Å². The van der Waals surface area contributed by atoms with Gasteiger partial charge >= 0.3 is 11.6 Å². The Bertz CT molecular complexity index is 1330. The fraction of sp³-hybridized carbons (Fsp3) is 0.0588. The average Bonchev–Trinajstić information content (AvgIpc) is 3.36. The highest BCUT2D eigenvalue weighted by atomic mass is 32.2. The Morgan fingerprint density at radius 1 is 1.21 bits per heavy atom. The molecule has 1 amide bonds. The number of anilines is 2. The number of aromatic amines is 3. The van der Waals surface area contributed by atoms with Gasteiger partial charge in [-0.25, -0.2) is 18.5 Å². The van der Waals surface area contributed by atoms with Crippen LogP contribution in [0.1, 0.15) is 10.5 Å². The number of primary sulfonamides is 1. The standard InChI is InChI=1S/C17H16N8O3S/c1-19-16(26)12-5-9(7-20-12)13-14-15(22-8-21-14)25-17(24-13)23-10-3-2-4-11(6-10)29(18,27)28/h2-8,20H,1H3,(H,19,26)(H2,18,27,28)(H2,21,22,23,24,25)/p+1. The van der Waals surface area contributed by atoms with Crippen molar-refractivity contribution in [1.82, 2.24) is 25.3 Å². The lowest BCUT2D eigenvalue weighted by Crippen LogP contribution is -2.17. The molecule has 0 saturated heterocycles. The first-order chi connectivity index (χ1) is 13.8. The van der Waals surface area contributed by atoms with E-state index >= 15 is 0 Å². The summed E-state index contributed by atoms with van der Waals surface area (Å²) in [6, 6.07) is 7.70. The Balaban J connectivity index is 1.76. The van der Waals surface area contributed by atoms with Crippen molar-refractivity contribution >= 4 is 38.7 Å². The summed E-state index contributed by atoms with van der Waals surface area (Å²) in [5.41, 5.74) is 3.25. The number of H-pyrrole nitrogens is 3. The zero-order valence-corrected chi connectivity index (χ0v) is 16.0. The zero-order chi connectivity index (χ0) is 20.6. The fourth-order valence-corrected chi connectivity index (χ4v) is 3.38. The third-order valence-corrected chi connectivity index (χ3v) is 5.09. The van der Waals surface area contributed by atoms with Crippen molar-refractivity contribution in [3.63, 3.8) is 0 Å². The van der Waals surface area contributed by atoms with Crippen molar-refractivity contribution in [3.8, 4) is 11.3 Å². The van der Waals surface area contributed by atoms with Crippen LogP contribution in [0, 0.1) is 0 Å². The average molecular weight is 413 g/mol. The lowest BCUT2D eigenvalue weighted by Gasteiger charge is -2.05. The van der Waals surface area contributed by atoms with Crippen LogP contribution in [0.3, 0.4) is 0 Å². The summed E-state index contributed by atoms with van der Waals surface area (Å²) < 4.78 is 23.1. The SMILES string of the molecule is CNC(=O)c1cc(-c2nc(Nc3cccc(S(N)(=O)=O)c3)nc3[nH+]c[nH]c23)c[nH]1. The monoisotopic (exact) mass is 413 g/mol. The fourth-order valence-electron chi connectivity index (χ4n) is 2.82. The van der Waals surface area contributed by atoms with Crippen LogP contribution in [0.15, 0.2) is 47.8 Å². The van der Waals surface area contributed by atoms with Crippen LogP contribution in [0.25, 0.3) is 22.4 Å². The van der Waals surface area contributed by atoms with Crippen molar-refractivity contribution in [2.24, 2.45) is 5.14 Å². The first-order valence-corrected chi connectivity index (χ1v) is 9.97. The molecule has 0 radical (unpaired) electrons. The zero-order valence-electron chi connectivity index (χ0n) is 15.1. The normalized spacial score (nSPS) is 11.5. The van der Waals surface area contributed by atoms with E-state index in [2.05, 4.69) is 35.6 Å². The van der Waals surface area contributed by atoms with Crippen molar-refractivity contribution in [1.29, 1.82) is 0 Å². The topological polar surface area (TPSA) is 173 Å². The van der Waals surface area contributed by atoms with Gasteiger partial charge in [-0.2, -0.15) is 4.98 Å². The summed E-state index contributed by atoms with van der Waals surface area (Å²) in [6.07, 6.45) is 3.28. The molecular weight excluding hydrogens is 396 g/mol. The van der Waals surface area contributed by atoms with E-state index in [-0.39, 0.29) is 16.8 Å². The molecule has 0 aliphatic carbocycles. The predicted octanol–water partition coefficient (Wildman–Crippen LogP) is 0.518. The minimum Gasteiger partial charge on any atom is -0.357 e. The summed E-state index contributed by atoms with van der Waals surface area (Å²) in [5.74, 6) is -0.0182. The number of sulfonamides is 1. The molecule has 0 unspecified atom stereocenters. The number of aromatic nitrogens is 5. The number of carbonyl (C=O) groups excluding carboxylic acids is 1. The van der Waals surface area contributed by atoms with Crippen LogP contribution in [-0.2, 0) is 10.0 Å². The van der Waals surface area contributed by atoms with Gasteiger partial charge in [0, 0.05) is 24.5 Å². The van der Waals surface area contributed by atoms with Crippen LogP contribution in [0.5, 0.6) is 0 Å². The molecule has 0 spiro atoms. The number of amides is 1. The number of hydrogen-bond donors (Lipinski definition) is 5. The number of fused-ring (bicyclic) bond motifs is 1. The number of nitrogens with one attached hydrogen (secondary N) is 5. The molecule has 0 fully saturated rings. The Hall–Kier alpha value is -3.77. The van der Waals surface area contributed by atoms with Crippen LogP contribution in [0.4, 0.5) is 11.6 Å². The lowest BCUT2D eigenvalue weighted by molar-refractivity contribution is -0.347. The number of nitrogens with two attached hydrogens (primary N) is 1. The summed E-state index contributed by atoms with van der Waals surface area (Å²) in [7, 11) is -2.29. The number of rotatable bonds is 5. The summed E-state index contributed by atoms with van der Waals surface area (Å²) in [6.45, 7) is 0. The maximum atomic E-state index is 11.8. The van der Waals surface area contributed by atoms with Gasteiger partial charge in [0.05, 0.1) is 4.90 Å². The predicted molar refractivity (Wildman–Crippen MR) is 105 cm³/mol. The summed E-state index contributed by atoms with van der Waals surface area (Å²) >= 11 is 0. The van der Waals surface area contributed by atoms with E-state index in [0.717, 1.165) is 0 Å². The first kappa shape index (κ1) is 18.6. The molecule has 0 saturated carbocycles. The van der Waals surface area contributed by atoms with Gasteiger partial charge in [-0.3, -0.25) is 9.78 Å². The van der Waals surface area contributed by atoms with E-state index in [1.165, 1.54) is 12.1 Å². The second-order valence-corrected chi connectivity index (χ2v) is 7.69. The molecule has 0 aliphatic rings. The van der Waals surface area contributed by atoms with Gasteiger partial charge in [0.15, 0.2) is 11.8 Å². The third-order valence-electron chi connectivity index (χ3n) is 4.18. The maximum absolute atomic E-state index is 11.8. The van der Waals surface area contributed by atoms with Crippen LogP contribution in [0.2, 0.25) is 0 Å². The molecule has 12 heteroatoms. The van der Waals surface area contributed by atoms with Crippen molar-refractivity contribution in [3.05, 3.63) is 48.5 Å². The highest BCUT2D eigenvalue weighted by Gasteiger charge is 2.20. The second-order valence-electron chi connectivity index (χ2n) is 6.13. The van der Waals surface area contributed by atoms with Crippen LogP contribution >= 0.6 is 0 Å². The Morgan fingerprint density at radius 3 is 2.79 bits per heavy atom. The quantitative estimate of drug-likeness (QED) is 0.319. The van der Waals surface area contributed by atoms with Crippen LogP contribution in [-0.4, -0.2) is 41.3 Å². The highest BCUT2D eigenvalue weighted by Crippen LogP contribution is 2.26. The van der Waals surface area contributed by atoms with E-state index in [4.69, 9.17) is 5.14 Å². The summed E-state index contributed by atoms with van der Waals surface area (Å²) in [5, 5.41) is 10.7. The summed E-state index contributed by atoms with van der Waals surface area (Å²) in [4.78, 5) is 29.6. The van der Waals surface area contributed by atoms with Crippen molar-refractivity contribution in [2.75, 3.05) is 12.4 Å². The molecule has 3 heterocycles. The molecule has 0 aliphatic heterocycles. The molecule has 0 atom stereocenters. The number of nitrogens with zero attached hydrogens (tertiary/aromatic N) is 2. The third kappa shape index (κ3) is 3.66. The molecule has 4 rings (SSSR count). The molecule has 3 aromatic heterocycles. The van der Waals surface area contributed by atoms with Crippen molar-refractivity contribution < 1.29 is 18.2 Å². The van der Waals surface area contributed by atoms with Crippen LogP contribution < -0.4 is 20.8 Å². The molecule has 148 valence electrons. The molecule has 0 bridgehead atoms. The van der Waals surface area contributed by atoms with E-state index in [1.54, 1.807) is 37.8 Å². The minimum atomic E-state index is -3.84. The molecule has 29 heavy (non-hydrogen) atoms. The molecule has 11 nitrogen and oxygen atoms in total. The van der Waals surface area contributed by atoms with Gasteiger partial charge in [-0.1, -0.05) is 11.1 Å². The highest BCUT2D eigenvalue weighted by molar-refractivity contribution is 7.89. The van der Waals surface area contributed by atoms with Gasteiger partial charge < -0.3 is 15.6 Å². The molecular formula is C17H17N8O3S+. The van der Waals surface area contributed by atoms with E-state index < -0.39 is 10.0 Å². The number of carbonyl (C=O) groups is 1. The number of hydrogen-bond acceptors (Lipinski definition) is 6. The largest absolute Gasteiger partial charge is 0.357 e. The van der Waals surface area contributed by atoms with Gasteiger partial charge in [0.1, 0.15) is 11.4 Å². The second kappa shape index (κ2) is 7.00. The number of imidazole rings is 1. The molecule has 4 aromatic rings. The molecule has 1 aromatic carbocycles.